The average Bonchev–Trinajstić information content (AvgIpc) is 3.61. The van der Waals surface area contributed by atoms with E-state index in [1.807, 2.05) is 21.1 Å². The molecular formula is C74H130NO8P. The van der Waals surface area contributed by atoms with Crippen LogP contribution < -0.4 is 4.89 Å². The second-order valence-corrected chi connectivity index (χ2v) is 25.6. The number of quaternary nitrogens is 1. The highest BCUT2D eigenvalue weighted by Crippen LogP contribution is 2.38. The number of unbranched alkanes of at least 4 members (excludes halogenated alkanes) is 31. The molecule has 0 aliphatic carbocycles. The molecule has 0 fully saturated rings. The van der Waals surface area contributed by atoms with Gasteiger partial charge in [-0.05, 0) is 103 Å². The summed E-state index contributed by atoms with van der Waals surface area (Å²) < 4.78 is 34.3. The van der Waals surface area contributed by atoms with E-state index in [1.165, 1.54) is 173 Å². The summed E-state index contributed by atoms with van der Waals surface area (Å²) in [5.74, 6) is -0.833. The van der Waals surface area contributed by atoms with E-state index >= 15 is 0 Å². The maximum atomic E-state index is 12.9. The zero-order valence-electron chi connectivity index (χ0n) is 55.1. The first-order chi connectivity index (χ1) is 41.0. The predicted octanol–water partition coefficient (Wildman–Crippen LogP) is 21.9. The minimum atomic E-state index is -4.65. The molecule has 9 nitrogen and oxygen atoms in total. The zero-order valence-corrected chi connectivity index (χ0v) is 56.0. The van der Waals surface area contributed by atoms with E-state index in [9.17, 15) is 19.0 Å². The highest BCUT2D eigenvalue weighted by Gasteiger charge is 2.22. The molecule has 0 bridgehead atoms. The van der Waals surface area contributed by atoms with Crippen LogP contribution in [0.5, 0.6) is 0 Å². The summed E-state index contributed by atoms with van der Waals surface area (Å²) in [6.07, 6.45) is 90.1. The van der Waals surface area contributed by atoms with E-state index in [-0.39, 0.29) is 32.0 Å². The number of phosphoric acid groups is 1. The maximum Gasteiger partial charge on any atom is 0.306 e. The van der Waals surface area contributed by atoms with Crippen LogP contribution in [0.2, 0.25) is 0 Å². The van der Waals surface area contributed by atoms with Crippen molar-refractivity contribution in [3.63, 3.8) is 0 Å². The van der Waals surface area contributed by atoms with Crippen LogP contribution in [-0.4, -0.2) is 70.0 Å². The lowest BCUT2D eigenvalue weighted by Gasteiger charge is -2.28. The molecule has 0 saturated carbocycles. The van der Waals surface area contributed by atoms with E-state index in [4.69, 9.17) is 18.5 Å². The van der Waals surface area contributed by atoms with Crippen molar-refractivity contribution in [2.45, 2.75) is 302 Å². The summed E-state index contributed by atoms with van der Waals surface area (Å²) in [5.41, 5.74) is 0. The molecule has 2 unspecified atom stereocenters. The van der Waals surface area contributed by atoms with Crippen molar-refractivity contribution in [2.24, 2.45) is 0 Å². The summed E-state index contributed by atoms with van der Waals surface area (Å²) in [6.45, 7) is 4.13. The second kappa shape index (κ2) is 64.2. The quantitative estimate of drug-likeness (QED) is 0.0195. The number of esters is 2. The van der Waals surface area contributed by atoms with Gasteiger partial charge in [-0.1, -0.05) is 290 Å². The molecule has 0 aromatic rings. The number of carbonyl (C=O) groups is 2. The molecule has 0 amide bonds. The van der Waals surface area contributed by atoms with Gasteiger partial charge in [-0.25, -0.2) is 0 Å². The highest BCUT2D eigenvalue weighted by molar-refractivity contribution is 7.45. The van der Waals surface area contributed by atoms with Crippen LogP contribution >= 0.6 is 7.82 Å². The lowest BCUT2D eigenvalue weighted by Crippen LogP contribution is -2.37. The Morgan fingerprint density at radius 3 is 1.01 bits per heavy atom. The van der Waals surface area contributed by atoms with Gasteiger partial charge in [0.15, 0.2) is 6.10 Å². The van der Waals surface area contributed by atoms with Gasteiger partial charge in [0, 0.05) is 12.8 Å². The third-order valence-electron chi connectivity index (χ3n) is 14.8. The molecule has 84 heavy (non-hydrogen) atoms. The first kappa shape index (κ1) is 80.7. The van der Waals surface area contributed by atoms with Gasteiger partial charge in [-0.3, -0.25) is 14.2 Å². The van der Waals surface area contributed by atoms with Crippen LogP contribution in [0.4, 0.5) is 0 Å². The van der Waals surface area contributed by atoms with Crippen LogP contribution in [-0.2, 0) is 32.7 Å². The number of allylic oxidation sites excluding steroid dienone is 18. The van der Waals surface area contributed by atoms with Crippen molar-refractivity contribution in [2.75, 3.05) is 47.5 Å². The molecule has 484 valence electrons. The van der Waals surface area contributed by atoms with Gasteiger partial charge in [0.2, 0.25) is 0 Å². The number of carbonyl (C=O) groups excluding carboxylic acids is 2. The first-order valence-corrected chi connectivity index (χ1v) is 36.1. The van der Waals surface area contributed by atoms with Gasteiger partial charge in [0.05, 0.1) is 27.7 Å². The summed E-state index contributed by atoms with van der Waals surface area (Å²) in [6, 6.07) is 0. The Labute approximate surface area is 518 Å². The van der Waals surface area contributed by atoms with Crippen molar-refractivity contribution >= 4 is 19.8 Å². The fourth-order valence-electron chi connectivity index (χ4n) is 9.49. The minimum absolute atomic E-state index is 0.0350. The van der Waals surface area contributed by atoms with Crippen molar-refractivity contribution in [3.05, 3.63) is 109 Å². The molecule has 2 atom stereocenters. The van der Waals surface area contributed by atoms with Gasteiger partial charge in [-0.2, -0.15) is 0 Å². The van der Waals surface area contributed by atoms with Gasteiger partial charge >= 0.3 is 11.9 Å². The predicted molar refractivity (Wildman–Crippen MR) is 360 cm³/mol. The fraction of sp³-hybridized carbons (Fsp3) is 0.730. The van der Waals surface area contributed by atoms with Crippen molar-refractivity contribution < 1.29 is 42.1 Å². The number of hydrogen-bond donors (Lipinski definition) is 0. The number of rotatable bonds is 63. The SMILES string of the molecule is CC/C=C\C/C=C\C/C=C\C/C=C\C/C=C\C/C=C\CCCCCCCCCCCCCCC(=O)OC(COC(=O)CCCCCCCCCCCCCCCC/C=C\C/C=C\C/C=C\CCCCCCC)COP(=O)([O-])OCC[N+](C)(C)C. The Kier molecular flexibility index (Phi) is 61.6. The van der Waals surface area contributed by atoms with Crippen LogP contribution in [0.15, 0.2) is 109 Å². The topological polar surface area (TPSA) is 111 Å². The molecular weight excluding hydrogens is 1060 g/mol. The molecule has 0 aromatic carbocycles. The molecule has 0 aromatic heterocycles. The van der Waals surface area contributed by atoms with Crippen LogP contribution in [0.25, 0.3) is 0 Å². The third kappa shape index (κ3) is 67.8. The first-order valence-electron chi connectivity index (χ1n) is 34.6. The van der Waals surface area contributed by atoms with Crippen LogP contribution in [0, 0.1) is 0 Å². The van der Waals surface area contributed by atoms with E-state index in [2.05, 4.69) is 123 Å². The Morgan fingerprint density at radius 1 is 0.381 bits per heavy atom. The third-order valence-corrected chi connectivity index (χ3v) is 15.7. The van der Waals surface area contributed by atoms with Crippen molar-refractivity contribution in [1.29, 1.82) is 0 Å². The lowest BCUT2D eigenvalue weighted by molar-refractivity contribution is -0.870. The number of likely N-dealkylation sites (N-methyl/N-ethyl adjacent to an activating group) is 1. The summed E-state index contributed by atoms with van der Waals surface area (Å²) in [7, 11) is 1.16. The molecule has 10 heteroatoms. The maximum absolute atomic E-state index is 12.9. The summed E-state index contributed by atoms with van der Waals surface area (Å²) in [5, 5.41) is 0. The molecule has 0 aliphatic rings. The standard InChI is InChI=1S/C74H130NO8P/c1-6-8-10-12-14-16-18-20-22-24-26-28-30-32-34-36-37-39-41-43-45-47-49-51-53-55-57-59-61-63-65-67-74(77)83-72(71-82-84(78,79)81-69-68-75(3,4)5)70-80-73(76)66-64-62-60-58-56-54-52-50-48-46-44-42-40-38-35-33-31-29-27-25-23-21-19-17-15-13-11-9-7-2/h8,10,14,16,19-22,25-28,31-34,37,39,72H,6-7,9,11-13,15,17-18,23-24,29-30,35-36,38,40-71H2,1-5H3/b10-8-,16-14-,21-19-,22-20-,27-25-,28-26-,33-31-,34-32-,39-37-. The van der Waals surface area contributed by atoms with E-state index in [0.717, 1.165) is 89.9 Å². The molecule has 0 spiro atoms. The minimum Gasteiger partial charge on any atom is -0.756 e. The molecule has 0 saturated heterocycles. The Hall–Kier alpha value is -3.33. The largest absolute Gasteiger partial charge is 0.756 e. The van der Waals surface area contributed by atoms with Crippen LogP contribution in [0.1, 0.15) is 296 Å². The number of ether oxygens (including phenoxy) is 2. The fourth-order valence-corrected chi connectivity index (χ4v) is 10.2. The smallest absolute Gasteiger partial charge is 0.306 e. The van der Waals surface area contributed by atoms with Gasteiger partial charge in [0.25, 0.3) is 7.82 Å². The molecule has 0 rings (SSSR count). The Balaban J connectivity index is 4.08. The van der Waals surface area contributed by atoms with E-state index < -0.39 is 26.5 Å². The Bertz CT molecular complexity index is 1790. The highest BCUT2D eigenvalue weighted by atomic mass is 31.2. The van der Waals surface area contributed by atoms with Gasteiger partial charge in [0.1, 0.15) is 19.8 Å². The van der Waals surface area contributed by atoms with Crippen molar-refractivity contribution in [3.8, 4) is 0 Å². The van der Waals surface area contributed by atoms with Gasteiger partial charge in [-0.15, -0.1) is 0 Å². The summed E-state index contributed by atoms with van der Waals surface area (Å²) >= 11 is 0. The molecule has 0 N–H and O–H groups in total. The lowest BCUT2D eigenvalue weighted by atomic mass is 10.0. The van der Waals surface area contributed by atoms with Gasteiger partial charge < -0.3 is 27.9 Å². The molecule has 0 heterocycles. The average molecular weight is 1190 g/mol. The number of phosphoric ester groups is 1. The Morgan fingerprint density at radius 2 is 0.679 bits per heavy atom. The number of hydrogen-bond acceptors (Lipinski definition) is 8. The van der Waals surface area contributed by atoms with Crippen LogP contribution in [0.3, 0.4) is 0 Å². The monoisotopic (exact) mass is 1190 g/mol. The van der Waals surface area contributed by atoms with E-state index in [0.29, 0.717) is 17.4 Å². The zero-order chi connectivity index (χ0) is 61.2. The molecule has 0 aliphatic heterocycles. The van der Waals surface area contributed by atoms with Crippen molar-refractivity contribution in [1.82, 2.24) is 0 Å². The van der Waals surface area contributed by atoms with E-state index in [1.54, 1.807) is 0 Å². The second-order valence-electron chi connectivity index (χ2n) is 24.2. The summed E-state index contributed by atoms with van der Waals surface area (Å²) in [4.78, 5) is 38.1. The molecule has 0 radical (unpaired) electrons. The number of nitrogens with zero attached hydrogens (tertiary/aromatic N) is 1. The normalized spacial score (nSPS) is 13.8.